The predicted octanol–water partition coefficient (Wildman–Crippen LogP) is 5.65. The number of nitro benzene ring substituents is 1. The quantitative estimate of drug-likeness (QED) is 0.293. The largest absolute Gasteiger partial charge is 0.434 e. The number of amides is 1. The van der Waals surface area contributed by atoms with Crippen LogP contribution in [0.25, 0.3) is 0 Å². The van der Waals surface area contributed by atoms with Gasteiger partial charge in [-0.2, -0.15) is 8.78 Å². The molecule has 2 aromatic carbocycles. The van der Waals surface area contributed by atoms with Crippen LogP contribution in [0.15, 0.2) is 66.9 Å². The van der Waals surface area contributed by atoms with E-state index in [2.05, 4.69) is 20.4 Å². The van der Waals surface area contributed by atoms with E-state index in [0.717, 1.165) is 0 Å². The smallest absolute Gasteiger partial charge is 0.387 e. The Morgan fingerprint density at radius 2 is 1.88 bits per heavy atom. The van der Waals surface area contributed by atoms with Gasteiger partial charge in [0.15, 0.2) is 0 Å². The number of alkyl halides is 2. The van der Waals surface area contributed by atoms with Crippen molar-refractivity contribution in [2.24, 2.45) is 0 Å². The van der Waals surface area contributed by atoms with E-state index in [1.807, 2.05) is 13.0 Å². The van der Waals surface area contributed by atoms with E-state index in [1.165, 1.54) is 24.3 Å². The molecule has 2 N–H and O–H groups in total. The number of hydrogen-bond acceptors (Lipinski definition) is 6. The van der Waals surface area contributed by atoms with Crippen molar-refractivity contribution in [3.8, 4) is 5.75 Å². The van der Waals surface area contributed by atoms with Gasteiger partial charge in [0.2, 0.25) is 0 Å². The Bertz CT molecular complexity index is 1140. The molecule has 1 aromatic heterocycles. The van der Waals surface area contributed by atoms with E-state index < -0.39 is 23.5 Å². The molecule has 3 aromatic rings. The maximum Gasteiger partial charge on any atom is 0.387 e. The molecule has 1 heterocycles. The van der Waals surface area contributed by atoms with Gasteiger partial charge in [-0.05, 0) is 43.7 Å². The third-order valence-electron chi connectivity index (χ3n) is 5.18. The lowest BCUT2D eigenvalue weighted by atomic mass is 10.0. The van der Waals surface area contributed by atoms with Gasteiger partial charge >= 0.3 is 6.61 Å². The average molecular weight is 470 g/mol. The zero-order valence-electron chi connectivity index (χ0n) is 18.6. The van der Waals surface area contributed by atoms with Crippen molar-refractivity contribution in [3.63, 3.8) is 0 Å². The van der Waals surface area contributed by atoms with Crippen molar-refractivity contribution in [2.75, 3.05) is 5.32 Å². The van der Waals surface area contributed by atoms with Crippen LogP contribution in [0.5, 0.6) is 5.75 Å². The number of nitrogens with zero attached hydrogens (tertiary/aromatic N) is 2. The topological polar surface area (TPSA) is 106 Å². The molecule has 10 heteroatoms. The fourth-order valence-electron chi connectivity index (χ4n) is 3.50. The summed E-state index contributed by atoms with van der Waals surface area (Å²) >= 11 is 0. The molecule has 34 heavy (non-hydrogen) atoms. The molecule has 178 valence electrons. The van der Waals surface area contributed by atoms with Crippen LogP contribution in [-0.2, 0) is 0 Å². The van der Waals surface area contributed by atoms with Gasteiger partial charge < -0.3 is 15.4 Å². The van der Waals surface area contributed by atoms with Crippen LogP contribution < -0.4 is 15.4 Å². The molecular formula is C24H24F2N4O4. The molecule has 0 saturated carbocycles. The minimum absolute atomic E-state index is 0.0429. The maximum atomic E-state index is 12.9. The van der Waals surface area contributed by atoms with Crippen molar-refractivity contribution >= 4 is 17.3 Å². The van der Waals surface area contributed by atoms with Crippen molar-refractivity contribution in [1.82, 2.24) is 10.3 Å². The van der Waals surface area contributed by atoms with Crippen LogP contribution in [0, 0.1) is 10.1 Å². The van der Waals surface area contributed by atoms with Gasteiger partial charge in [-0.1, -0.05) is 31.2 Å². The standard InChI is InChI=1S/C24H24F2N4O4/c1-3-18(17-8-4-5-10-22(17)34-24(25)26)29-23(31)16-11-12-20(21(14-16)30(32)33)28-15(2)19-9-6-7-13-27-19/h4-15,18,24,28H,3H2,1-2H3,(H,29,31). The number of halogens is 2. The van der Waals surface area contributed by atoms with Gasteiger partial charge in [-0.15, -0.1) is 0 Å². The molecule has 0 aliphatic heterocycles. The lowest BCUT2D eigenvalue weighted by Crippen LogP contribution is -2.28. The van der Waals surface area contributed by atoms with E-state index in [0.29, 0.717) is 17.7 Å². The first kappa shape index (κ1) is 24.6. The van der Waals surface area contributed by atoms with Crippen molar-refractivity contribution in [3.05, 3.63) is 93.8 Å². The molecule has 1 amide bonds. The number of para-hydroxylation sites is 1. The summed E-state index contributed by atoms with van der Waals surface area (Å²) in [6.07, 6.45) is 2.02. The monoisotopic (exact) mass is 470 g/mol. The molecule has 0 bridgehead atoms. The zero-order valence-corrected chi connectivity index (χ0v) is 18.6. The van der Waals surface area contributed by atoms with Crippen LogP contribution in [0.3, 0.4) is 0 Å². The number of rotatable bonds is 10. The summed E-state index contributed by atoms with van der Waals surface area (Å²) in [7, 11) is 0. The zero-order chi connectivity index (χ0) is 24.7. The second-order valence-corrected chi connectivity index (χ2v) is 7.46. The number of nitro groups is 1. The fraction of sp³-hybridized carbons (Fsp3) is 0.250. The summed E-state index contributed by atoms with van der Waals surface area (Å²) < 4.78 is 30.1. The molecule has 2 unspecified atom stereocenters. The van der Waals surface area contributed by atoms with Crippen LogP contribution in [0.2, 0.25) is 0 Å². The highest BCUT2D eigenvalue weighted by Gasteiger charge is 2.23. The molecule has 3 rings (SSSR count). The lowest BCUT2D eigenvalue weighted by molar-refractivity contribution is -0.384. The van der Waals surface area contributed by atoms with Gasteiger partial charge in [0, 0.05) is 23.4 Å². The highest BCUT2D eigenvalue weighted by atomic mass is 19.3. The van der Waals surface area contributed by atoms with Gasteiger partial charge in [-0.25, -0.2) is 0 Å². The molecule has 0 radical (unpaired) electrons. The predicted molar refractivity (Wildman–Crippen MR) is 123 cm³/mol. The third kappa shape index (κ3) is 6.03. The minimum atomic E-state index is -3.01. The Morgan fingerprint density at radius 1 is 1.15 bits per heavy atom. The minimum Gasteiger partial charge on any atom is -0.434 e. The summed E-state index contributed by atoms with van der Waals surface area (Å²) in [5, 5.41) is 17.5. The highest BCUT2D eigenvalue weighted by Crippen LogP contribution is 2.31. The van der Waals surface area contributed by atoms with Crippen LogP contribution in [0.4, 0.5) is 20.2 Å². The van der Waals surface area contributed by atoms with E-state index in [9.17, 15) is 23.7 Å². The molecule has 0 aliphatic carbocycles. The summed E-state index contributed by atoms with van der Waals surface area (Å²) in [5.74, 6) is -0.621. The van der Waals surface area contributed by atoms with E-state index in [1.54, 1.807) is 43.5 Å². The number of ether oxygens (including phenoxy) is 1. The fourth-order valence-corrected chi connectivity index (χ4v) is 3.50. The Kier molecular flexibility index (Phi) is 8.07. The Balaban J connectivity index is 1.82. The molecule has 8 nitrogen and oxygen atoms in total. The Morgan fingerprint density at radius 3 is 2.53 bits per heavy atom. The second kappa shape index (κ2) is 11.2. The molecule has 2 atom stereocenters. The number of benzene rings is 2. The summed E-state index contributed by atoms with van der Waals surface area (Å²) in [5.41, 5.74) is 1.12. The second-order valence-electron chi connectivity index (χ2n) is 7.46. The number of nitrogens with one attached hydrogen (secondary N) is 2. The molecular weight excluding hydrogens is 446 g/mol. The van der Waals surface area contributed by atoms with E-state index in [-0.39, 0.29) is 28.7 Å². The number of pyridine rings is 1. The Labute approximate surface area is 195 Å². The van der Waals surface area contributed by atoms with Crippen molar-refractivity contribution in [2.45, 2.75) is 39.0 Å². The van der Waals surface area contributed by atoms with Crippen LogP contribution in [-0.4, -0.2) is 22.4 Å². The lowest BCUT2D eigenvalue weighted by Gasteiger charge is -2.21. The number of anilines is 1. The van der Waals surface area contributed by atoms with E-state index in [4.69, 9.17) is 0 Å². The molecule has 0 fully saturated rings. The van der Waals surface area contributed by atoms with Crippen molar-refractivity contribution < 1.29 is 23.2 Å². The molecule has 0 saturated heterocycles. The summed E-state index contributed by atoms with van der Waals surface area (Å²) in [4.78, 5) is 28.3. The molecule has 0 spiro atoms. The average Bonchev–Trinajstić information content (AvgIpc) is 2.83. The van der Waals surface area contributed by atoms with Crippen LogP contribution in [0.1, 0.15) is 54.0 Å². The first-order valence-corrected chi connectivity index (χ1v) is 10.6. The third-order valence-corrected chi connectivity index (χ3v) is 5.18. The van der Waals surface area contributed by atoms with Gasteiger partial charge in [0.25, 0.3) is 11.6 Å². The number of aromatic nitrogens is 1. The first-order valence-electron chi connectivity index (χ1n) is 10.6. The van der Waals surface area contributed by atoms with Gasteiger partial charge in [-0.3, -0.25) is 19.9 Å². The number of carbonyl (C=O) groups is 1. The Hall–Kier alpha value is -4.08. The summed E-state index contributed by atoms with van der Waals surface area (Å²) in [6, 6.07) is 14.7. The van der Waals surface area contributed by atoms with Gasteiger partial charge in [0.05, 0.1) is 22.7 Å². The van der Waals surface area contributed by atoms with E-state index >= 15 is 0 Å². The summed E-state index contributed by atoms with van der Waals surface area (Å²) in [6.45, 7) is 0.584. The first-order chi connectivity index (χ1) is 16.3. The highest BCUT2D eigenvalue weighted by molar-refractivity contribution is 5.96. The van der Waals surface area contributed by atoms with Crippen LogP contribution >= 0.6 is 0 Å². The van der Waals surface area contributed by atoms with Crippen molar-refractivity contribution in [1.29, 1.82) is 0 Å². The SMILES string of the molecule is CCC(NC(=O)c1ccc(NC(C)c2ccccn2)c([N+](=O)[O-])c1)c1ccccc1OC(F)F. The number of carbonyl (C=O) groups excluding carboxylic acids is 1. The molecule has 0 aliphatic rings. The number of hydrogen-bond donors (Lipinski definition) is 2. The maximum absolute atomic E-state index is 12.9. The van der Waals surface area contributed by atoms with Gasteiger partial charge in [0.1, 0.15) is 11.4 Å². The normalized spacial score (nSPS) is 12.6.